The second kappa shape index (κ2) is 8.49. The van der Waals surface area contributed by atoms with Gasteiger partial charge in [0, 0.05) is 16.6 Å². The second-order valence-corrected chi connectivity index (χ2v) is 4.80. The van der Waals surface area contributed by atoms with Gasteiger partial charge in [-0.2, -0.15) is 13.2 Å². The molecule has 1 amide bonds. The maximum Gasteiger partial charge on any atom is 0.417 e. The van der Waals surface area contributed by atoms with Gasteiger partial charge in [0.15, 0.2) is 0 Å². The fourth-order valence-corrected chi connectivity index (χ4v) is 1.94. The molecule has 1 aromatic rings. The van der Waals surface area contributed by atoms with Gasteiger partial charge < -0.3 is 10.6 Å². The highest BCUT2D eigenvalue weighted by molar-refractivity contribution is 9.10. The van der Waals surface area contributed by atoms with Crippen molar-refractivity contribution in [3.05, 3.63) is 28.2 Å². The van der Waals surface area contributed by atoms with Gasteiger partial charge in [-0.15, -0.1) is 12.4 Å². The molecule has 0 saturated carbocycles. The molecule has 8 heteroatoms. The average Bonchev–Trinajstić information content (AvgIpc) is 2.30. The molecular weight excluding hydrogens is 360 g/mol. The smallest absolute Gasteiger partial charge is 0.326 e. The Morgan fingerprint density at radius 1 is 1.35 bits per heavy atom. The molecule has 0 bridgehead atoms. The van der Waals surface area contributed by atoms with Crippen molar-refractivity contribution in [1.82, 2.24) is 5.32 Å². The summed E-state index contributed by atoms with van der Waals surface area (Å²) in [6.45, 7) is 0.682. The monoisotopic (exact) mass is 374 g/mol. The molecule has 0 saturated heterocycles. The van der Waals surface area contributed by atoms with Crippen LogP contribution < -0.4 is 10.6 Å². The molecule has 0 unspecified atom stereocenters. The zero-order valence-corrected chi connectivity index (χ0v) is 13.1. The van der Waals surface area contributed by atoms with Crippen molar-refractivity contribution in [2.75, 3.05) is 18.9 Å². The van der Waals surface area contributed by atoms with Crippen molar-refractivity contribution in [1.29, 1.82) is 0 Å². The number of halogens is 5. The van der Waals surface area contributed by atoms with E-state index in [-0.39, 0.29) is 34.9 Å². The fourth-order valence-electron chi connectivity index (χ4n) is 1.47. The highest BCUT2D eigenvalue weighted by Crippen LogP contribution is 2.36. The molecule has 1 aromatic carbocycles. The topological polar surface area (TPSA) is 41.1 Å². The number of benzene rings is 1. The molecule has 0 aliphatic heterocycles. The van der Waals surface area contributed by atoms with E-state index in [4.69, 9.17) is 0 Å². The Bertz CT molecular complexity index is 455. The number of nitrogens with one attached hydrogen (secondary N) is 2. The fraction of sp³-hybridized carbons (Fsp3) is 0.417. The Morgan fingerprint density at radius 3 is 2.55 bits per heavy atom. The molecule has 0 aliphatic carbocycles. The summed E-state index contributed by atoms with van der Waals surface area (Å²) in [5.41, 5.74) is -0.662. The number of alkyl halides is 3. The molecule has 1 rings (SSSR count). The molecule has 0 aliphatic rings. The van der Waals surface area contributed by atoms with Crippen LogP contribution in [-0.4, -0.2) is 19.5 Å². The number of anilines is 1. The van der Waals surface area contributed by atoms with Gasteiger partial charge in [-0.1, -0.05) is 15.9 Å². The summed E-state index contributed by atoms with van der Waals surface area (Å²) in [6.07, 6.45) is -3.56. The molecule has 114 valence electrons. The van der Waals surface area contributed by atoms with E-state index in [9.17, 15) is 18.0 Å². The van der Waals surface area contributed by atoms with Crippen molar-refractivity contribution in [3.63, 3.8) is 0 Å². The van der Waals surface area contributed by atoms with Crippen molar-refractivity contribution < 1.29 is 18.0 Å². The van der Waals surface area contributed by atoms with Crippen molar-refractivity contribution >= 4 is 39.9 Å². The van der Waals surface area contributed by atoms with Gasteiger partial charge in [0.1, 0.15) is 0 Å². The van der Waals surface area contributed by atoms with Crippen LogP contribution in [0.25, 0.3) is 0 Å². The minimum atomic E-state index is -4.45. The zero-order chi connectivity index (χ0) is 14.5. The molecule has 20 heavy (non-hydrogen) atoms. The van der Waals surface area contributed by atoms with E-state index in [0.29, 0.717) is 13.0 Å². The third-order valence-corrected chi connectivity index (χ3v) is 3.08. The summed E-state index contributed by atoms with van der Waals surface area (Å²) in [5, 5.41) is 5.34. The van der Waals surface area contributed by atoms with Crippen LogP contribution in [0.2, 0.25) is 0 Å². The molecule has 0 radical (unpaired) electrons. The Morgan fingerprint density at radius 2 is 2.00 bits per heavy atom. The Balaban J connectivity index is 0.00000361. The molecule has 0 fully saturated rings. The average molecular weight is 376 g/mol. The van der Waals surface area contributed by atoms with E-state index in [2.05, 4.69) is 26.6 Å². The van der Waals surface area contributed by atoms with Gasteiger partial charge in [-0.05, 0) is 38.2 Å². The molecular formula is C12H15BrClF3N2O. The van der Waals surface area contributed by atoms with Crippen molar-refractivity contribution in [3.8, 4) is 0 Å². The first-order valence-corrected chi connectivity index (χ1v) is 6.45. The lowest BCUT2D eigenvalue weighted by molar-refractivity contribution is -0.138. The molecule has 0 spiro atoms. The molecule has 3 nitrogen and oxygen atoms in total. The summed E-state index contributed by atoms with van der Waals surface area (Å²) < 4.78 is 37.9. The minimum absolute atomic E-state index is 0. The van der Waals surface area contributed by atoms with Crippen LogP contribution in [0.4, 0.5) is 18.9 Å². The molecule has 0 aromatic heterocycles. The van der Waals surface area contributed by atoms with E-state index in [1.165, 1.54) is 12.1 Å². The van der Waals surface area contributed by atoms with E-state index in [1.54, 1.807) is 7.05 Å². The zero-order valence-electron chi connectivity index (χ0n) is 10.7. The van der Waals surface area contributed by atoms with Crippen molar-refractivity contribution in [2.45, 2.75) is 19.0 Å². The van der Waals surface area contributed by atoms with Gasteiger partial charge in [-0.3, -0.25) is 4.79 Å². The minimum Gasteiger partial charge on any atom is -0.326 e. The lowest BCUT2D eigenvalue weighted by atomic mass is 10.2. The van der Waals surface area contributed by atoms with Crippen LogP contribution in [0.1, 0.15) is 18.4 Å². The van der Waals surface area contributed by atoms with E-state index >= 15 is 0 Å². The molecule has 0 heterocycles. The normalized spacial score (nSPS) is 10.8. The number of rotatable bonds is 5. The van der Waals surface area contributed by atoms with Gasteiger partial charge in [0.2, 0.25) is 5.91 Å². The summed E-state index contributed by atoms with van der Waals surface area (Å²) >= 11 is 2.84. The molecule has 0 atom stereocenters. The van der Waals surface area contributed by atoms with Crippen LogP contribution in [0, 0.1) is 0 Å². The largest absolute Gasteiger partial charge is 0.417 e. The van der Waals surface area contributed by atoms with Gasteiger partial charge >= 0.3 is 6.18 Å². The second-order valence-electron chi connectivity index (χ2n) is 3.95. The van der Waals surface area contributed by atoms with Crippen LogP contribution in [0.3, 0.4) is 0 Å². The predicted molar refractivity (Wildman–Crippen MR) is 78.2 cm³/mol. The van der Waals surface area contributed by atoms with Gasteiger partial charge in [0.05, 0.1) is 5.56 Å². The lowest BCUT2D eigenvalue weighted by Gasteiger charge is -2.12. The Hall–Kier alpha value is -0.790. The summed E-state index contributed by atoms with van der Waals surface area (Å²) in [6, 6.07) is 3.61. The van der Waals surface area contributed by atoms with Gasteiger partial charge in [0.25, 0.3) is 0 Å². The lowest BCUT2D eigenvalue weighted by Crippen LogP contribution is -2.16. The number of carbonyl (C=O) groups excluding carboxylic acids is 1. The summed E-state index contributed by atoms with van der Waals surface area (Å²) in [7, 11) is 1.77. The van der Waals surface area contributed by atoms with Crippen LogP contribution in [-0.2, 0) is 11.0 Å². The van der Waals surface area contributed by atoms with Crippen LogP contribution in [0.5, 0.6) is 0 Å². The summed E-state index contributed by atoms with van der Waals surface area (Å²) in [4.78, 5) is 11.5. The third-order valence-electron chi connectivity index (χ3n) is 2.39. The van der Waals surface area contributed by atoms with Crippen LogP contribution >= 0.6 is 28.3 Å². The number of hydrogen-bond donors (Lipinski definition) is 2. The number of amides is 1. The quantitative estimate of drug-likeness (QED) is 0.768. The maximum atomic E-state index is 12.7. The predicted octanol–water partition coefficient (Wildman–Crippen LogP) is 3.83. The number of hydrogen-bond acceptors (Lipinski definition) is 2. The third kappa shape index (κ3) is 6.11. The van der Waals surface area contributed by atoms with Gasteiger partial charge in [-0.25, -0.2) is 0 Å². The maximum absolute atomic E-state index is 12.7. The van der Waals surface area contributed by atoms with Crippen molar-refractivity contribution in [2.24, 2.45) is 0 Å². The Kier molecular flexibility index (Phi) is 8.15. The first-order valence-electron chi connectivity index (χ1n) is 5.66. The van der Waals surface area contributed by atoms with E-state index in [1.807, 2.05) is 0 Å². The SMILES string of the molecule is CNCCCC(=O)Nc1ccc(Br)c(C(F)(F)F)c1.Cl. The molecule has 2 N–H and O–H groups in total. The van der Waals surface area contributed by atoms with E-state index in [0.717, 1.165) is 6.07 Å². The first-order chi connectivity index (χ1) is 8.84. The number of carbonyl (C=O) groups is 1. The first kappa shape index (κ1) is 19.2. The van der Waals surface area contributed by atoms with E-state index < -0.39 is 11.7 Å². The Labute approximate surface area is 129 Å². The summed E-state index contributed by atoms with van der Waals surface area (Å²) in [5.74, 6) is -0.300. The highest BCUT2D eigenvalue weighted by Gasteiger charge is 2.33. The van der Waals surface area contributed by atoms with Crippen LogP contribution in [0.15, 0.2) is 22.7 Å². The standard InChI is InChI=1S/C12H14BrF3N2O.ClH/c1-17-6-2-3-11(19)18-8-4-5-10(13)9(7-8)12(14,15)16;/h4-5,7,17H,2-3,6H2,1H3,(H,18,19);1H. The highest BCUT2D eigenvalue weighted by atomic mass is 79.9.